The van der Waals surface area contributed by atoms with E-state index in [0.717, 1.165) is 5.56 Å². The number of rotatable bonds is 4. The van der Waals surface area contributed by atoms with Gasteiger partial charge in [0.1, 0.15) is 0 Å². The monoisotopic (exact) mass is 254 g/mol. The van der Waals surface area contributed by atoms with E-state index in [0.29, 0.717) is 18.4 Å². The van der Waals surface area contributed by atoms with Crippen LogP contribution in [0.4, 0.5) is 8.78 Å². The van der Waals surface area contributed by atoms with Crippen LogP contribution in [-0.2, 0) is 0 Å². The Hall–Kier alpha value is -1.25. The van der Waals surface area contributed by atoms with Crippen molar-refractivity contribution in [1.29, 1.82) is 0 Å². The minimum Gasteiger partial charge on any atom is -0.287 e. The predicted octanol–water partition coefficient (Wildman–Crippen LogP) is 4.77. The number of benzene rings is 1. The SMILES string of the molecule is CC(C)c1ccc(C(=O)C(C)(F)F)c(C(C)C)c1. The van der Waals surface area contributed by atoms with Crippen LogP contribution < -0.4 is 0 Å². The summed E-state index contributed by atoms with van der Waals surface area (Å²) in [5.41, 5.74) is 1.91. The van der Waals surface area contributed by atoms with Crippen molar-refractivity contribution >= 4 is 5.78 Å². The average Bonchev–Trinajstić information content (AvgIpc) is 2.25. The first kappa shape index (κ1) is 14.8. The third-order valence-electron chi connectivity index (χ3n) is 3.01. The van der Waals surface area contributed by atoms with Crippen molar-refractivity contribution in [2.75, 3.05) is 0 Å². The first-order valence-corrected chi connectivity index (χ1v) is 6.21. The highest BCUT2D eigenvalue weighted by atomic mass is 19.3. The summed E-state index contributed by atoms with van der Waals surface area (Å²) in [6, 6.07) is 5.16. The van der Waals surface area contributed by atoms with Crippen LogP contribution in [0.5, 0.6) is 0 Å². The normalized spacial score (nSPS) is 12.3. The highest BCUT2D eigenvalue weighted by Gasteiger charge is 2.34. The van der Waals surface area contributed by atoms with Gasteiger partial charge in [0.25, 0.3) is 0 Å². The van der Waals surface area contributed by atoms with Gasteiger partial charge in [-0.2, -0.15) is 8.78 Å². The summed E-state index contributed by atoms with van der Waals surface area (Å²) in [6.45, 7) is 8.54. The van der Waals surface area contributed by atoms with Crippen molar-refractivity contribution in [3.8, 4) is 0 Å². The Morgan fingerprint density at radius 3 is 2.06 bits per heavy atom. The van der Waals surface area contributed by atoms with Gasteiger partial charge in [0, 0.05) is 12.5 Å². The number of ketones is 1. The van der Waals surface area contributed by atoms with Gasteiger partial charge in [-0.25, -0.2) is 0 Å². The molecule has 0 heterocycles. The van der Waals surface area contributed by atoms with Gasteiger partial charge in [-0.1, -0.05) is 45.9 Å². The minimum atomic E-state index is -3.32. The van der Waals surface area contributed by atoms with E-state index in [1.165, 1.54) is 6.07 Å². The molecule has 0 bridgehead atoms. The Labute approximate surface area is 107 Å². The highest BCUT2D eigenvalue weighted by Crippen LogP contribution is 2.29. The molecule has 0 saturated carbocycles. The first-order valence-electron chi connectivity index (χ1n) is 6.21. The van der Waals surface area contributed by atoms with Crippen molar-refractivity contribution in [3.05, 3.63) is 34.9 Å². The molecule has 0 aliphatic heterocycles. The van der Waals surface area contributed by atoms with Crippen LogP contribution in [0.25, 0.3) is 0 Å². The smallest absolute Gasteiger partial charge is 0.287 e. The maximum absolute atomic E-state index is 13.2. The van der Waals surface area contributed by atoms with Crippen molar-refractivity contribution < 1.29 is 13.6 Å². The summed E-state index contributed by atoms with van der Waals surface area (Å²) >= 11 is 0. The third kappa shape index (κ3) is 3.15. The quantitative estimate of drug-likeness (QED) is 0.707. The second kappa shape index (κ2) is 5.17. The molecule has 1 aromatic rings. The van der Waals surface area contributed by atoms with E-state index >= 15 is 0 Å². The van der Waals surface area contributed by atoms with Crippen LogP contribution in [0.1, 0.15) is 67.9 Å². The molecule has 3 heteroatoms. The van der Waals surface area contributed by atoms with E-state index < -0.39 is 11.7 Å². The maximum Gasteiger partial charge on any atom is 0.307 e. The fourth-order valence-electron chi connectivity index (χ4n) is 1.86. The zero-order valence-corrected chi connectivity index (χ0v) is 11.6. The average molecular weight is 254 g/mol. The Kier molecular flexibility index (Phi) is 4.25. The maximum atomic E-state index is 13.2. The largest absolute Gasteiger partial charge is 0.307 e. The van der Waals surface area contributed by atoms with Crippen LogP contribution in [0.3, 0.4) is 0 Å². The molecule has 0 radical (unpaired) electrons. The molecule has 1 aromatic carbocycles. The number of hydrogen-bond acceptors (Lipinski definition) is 1. The van der Waals surface area contributed by atoms with E-state index in [1.54, 1.807) is 6.07 Å². The molecule has 0 fully saturated rings. The number of alkyl halides is 2. The summed E-state index contributed by atoms with van der Waals surface area (Å²) in [7, 11) is 0. The molecule has 18 heavy (non-hydrogen) atoms. The van der Waals surface area contributed by atoms with Gasteiger partial charge in [0.05, 0.1) is 0 Å². The van der Waals surface area contributed by atoms with E-state index in [9.17, 15) is 13.6 Å². The van der Waals surface area contributed by atoms with Crippen molar-refractivity contribution in [2.24, 2.45) is 0 Å². The molecule has 1 nitrogen and oxygen atoms in total. The van der Waals surface area contributed by atoms with Crippen LogP contribution in [-0.4, -0.2) is 11.7 Å². The van der Waals surface area contributed by atoms with E-state index in [2.05, 4.69) is 0 Å². The topological polar surface area (TPSA) is 17.1 Å². The van der Waals surface area contributed by atoms with E-state index in [-0.39, 0.29) is 11.5 Å². The molecule has 0 amide bonds. The molecule has 100 valence electrons. The van der Waals surface area contributed by atoms with Gasteiger partial charge in [0.15, 0.2) is 0 Å². The van der Waals surface area contributed by atoms with Crippen LogP contribution >= 0.6 is 0 Å². The highest BCUT2D eigenvalue weighted by molar-refractivity contribution is 6.02. The van der Waals surface area contributed by atoms with Gasteiger partial charge < -0.3 is 0 Å². The number of hydrogen-bond donors (Lipinski definition) is 0. The fraction of sp³-hybridized carbons (Fsp3) is 0.533. The number of halogens is 2. The molecule has 0 atom stereocenters. The van der Waals surface area contributed by atoms with Gasteiger partial charge in [-0.3, -0.25) is 4.79 Å². The molecule has 0 aromatic heterocycles. The van der Waals surface area contributed by atoms with Crippen LogP contribution in [0, 0.1) is 0 Å². The molecule has 0 aliphatic rings. The molecule has 1 rings (SSSR count). The fourth-order valence-corrected chi connectivity index (χ4v) is 1.86. The molecule has 0 N–H and O–H groups in total. The Morgan fingerprint density at radius 2 is 1.67 bits per heavy atom. The Bertz CT molecular complexity index is 442. The zero-order chi connectivity index (χ0) is 14.1. The molecule has 0 spiro atoms. The van der Waals surface area contributed by atoms with Gasteiger partial charge in [-0.05, 0) is 23.0 Å². The second-order valence-corrected chi connectivity index (χ2v) is 5.37. The van der Waals surface area contributed by atoms with Crippen LogP contribution in [0.15, 0.2) is 18.2 Å². The van der Waals surface area contributed by atoms with Crippen molar-refractivity contribution in [3.63, 3.8) is 0 Å². The zero-order valence-electron chi connectivity index (χ0n) is 11.6. The lowest BCUT2D eigenvalue weighted by molar-refractivity contribution is 0.0220. The molecular formula is C15H20F2O. The van der Waals surface area contributed by atoms with E-state index in [4.69, 9.17) is 0 Å². The minimum absolute atomic E-state index is 0.0463. The second-order valence-electron chi connectivity index (χ2n) is 5.37. The van der Waals surface area contributed by atoms with Gasteiger partial charge in [0.2, 0.25) is 5.78 Å². The number of carbonyl (C=O) groups excluding carboxylic acids is 1. The van der Waals surface area contributed by atoms with Crippen molar-refractivity contribution in [1.82, 2.24) is 0 Å². The lowest BCUT2D eigenvalue weighted by Gasteiger charge is -2.17. The summed E-state index contributed by atoms with van der Waals surface area (Å²) in [4.78, 5) is 11.7. The molecule has 0 saturated heterocycles. The lowest BCUT2D eigenvalue weighted by Crippen LogP contribution is -2.25. The summed E-state index contributed by atoms with van der Waals surface area (Å²) in [5.74, 6) is -4.05. The molecular weight excluding hydrogens is 234 g/mol. The predicted molar refractivity (Wildman–Crippen MR) is 69.6 cm³/mol. The molecule has 0 unspecified atom stereocenters. The summed E-state index contributed by atoms with van der Waals surface area (Å²) in [5, 5.41) is 0. The standard InChI is InChI=1S/C15H20F2O/c1-9(2)11-6-7-12(13(8-11)10(3)4)14(18)15(5,16)17/h6-10H,1-5H3. The summed E-state index contributed by atoms with van der Waals surface area (Å²) in [6.07, 6.45) is 0. The number of Topliss-reactive ketones (excluding diaryl/α,β-unsaturated/α-hetero) is 1. The van der Waals surface area contributed by atoms with Crippen LogP contribution in [0.2, 0.25) is 0 Å². The van der Waals surface area contributed by atoms with Gasteiger partial charge in [-0.15, -0.1) is 0 Å². The number of carbonyl (C=O) groups is 1. The first-order chi connectivity index (χ1) is 8.14. The van der Waals surface area contributed by atoms with E-state index in [1.807, 2.05) is 33.8 Å². The Morgan fingerprint density at radius 1 is 1.11 bits per heavy atom. The summed E-state index contributed by atoms with van der Waals surface area (Å²) < 4.78 is 26.3. The van der Waals surface area contributed by atoms with Crippen molar-refractivity contribution in [2.45, 2.75) is 52.4 Å². The van der Waals surface area contributed by atoms with Gasteiger partial charge >= 0.3 is 5.92 Å². The lowest BCUT2D eigenvalue weighted by atomic mass is 9.89. The molecule has 0 aliphatic carbocycles. The Balaban J connectivity index is 3.33. The third-order valence-corrected chi connectivity index (χ3v) is 3.01.